The second kappa shape index (κ2) is 7.65. The Morgan fingerprint density at radius 2 is 1.80 bits per heavy atom. The van der Waals surface area contributed by atoms with E-state index in [2.05, 4.69) is 63.0 Å². The molecule has 114 valence electrons. The zero-order valence-corrected chi connectivity index (χ0v) is 13.9. The summed E-state index contributed by atoms with van der Waals surface area (Å²) < 4.78 is 5.49. The van der Waals surface area contributed by atoms with Crippen molar-refractivity contribution < 1.29 is 4.74 Å². The smallest absolute Gasteiger partial charge is 0.123 e. The van der Waals surface area contributed by atoms with Gasteiger partial charge in [0.25, 0.3) is 0 Å². The lowest BCUT2D eigenvalue weighted by atomic mass is 10.1. The van der Waals surface area contributed by atoms with Gasteiger partial charge in [0, 0.05) is 24.2 Å². The summed E-state index contributed by atoms with van der Waals surface area (Å²) in [5.41, 5.74) is 2.71. The van der Waals surface area contributed by atoms with E-state index in [4.69, 9.17) is 4.74 Å². The Labute approximate surface area is 124 Å². The Hall–Kier alpha value is -1.06. The third kappa shape index (κ3) is 5.51. The SMILES string of the molecule is CCN(CC)Cc1cc(CNC(C)(C)C)ccc1OC. The third-order valence-electron chi connectivity index (χ3n) is 3.46. The van der Waals surface area contributed by atoms with Crippen molar-refractivity contribution in [3.05, 3.63) is 29.3 Å². The van der Waals surface area contributed by atoms with Gasteiger partial charge >= 0.3 is 0 Å². The number of benzene rings is 1. The van der Waals surface area contributed by atoms with Crippen molar-refractivity contribution in [2.45, 2.75) is 53.2 Å². The predicted molar refractivity (Wildman–Crippen MR) is 86.2 cm³/mol. The molecule has 0 heterocycles. The van der Waals surface area contributed by atoms with Crippen LogP contribution in [0, 0.1) is 0 Å². The van der Waals surface area contributed by atoms with Crippen molar-refractivity contribution in [2.75, 3.05) is 20.2 Å². The molecule has 0 aliphatic carbocycles. The molecular formula is C17H30N2O. The first kappa shape index (κ1) is 17.0. The summed E-state index contributed by atoms with van der Waals surface area (Å²) in [7, 11) is 1.74. The Bertz CT molecular complexity index is 406. The van der Waals surface area contributed by atoms with Crippen molar-refractivity contribution in [1.82, 2.24) is 10.2 Å². The molecule has 0 saturated carbocycles. The molecule has 1 rings (SSSR count). The summed E-state index contributed by atoms with van der Waals surface area (Å²) in [6.07, 6.45) is 0. The molecule has 3 nitrogen and oxygen atoms in total. The maximum Gasteiger partial charge on any atom is 0.123 e. The van der Waals surface area contributed by atoms with Crippen molar-refractivity contribution in [2.24, 2.45) is 0 Å². The monoisotopic (exact) mass is 278 g/mol. The fourth-order valence-electron chi connectivity index (χ4n) is 2.12. The highest BCUT2D eigenvalue weighted by Gasteiger charge is 2.11. The van der Waals surface area contributed by atoms with Crippen LogP contribution >= 0.6 is 0 Å². The van der Waals surface area contributed by atoms with E-state index in [1.807, 2.05) is 0 Å². The van der Waals surface area contributed by atoms with E-state index in [9.17, 15) is 0 Å². The summed E-state index contributed by atoms with van der Waals surface area (Å²) in [5.74, 6) is 0.983. The van der Waals surface area contributed by atoms with Crippen molar-refractivity contribution in [3.63, 3.8) is 0 Å². The molecule has 0 aliphatic heterocycles. The minimum Gasteiger partial charge on any atom is -0.496 e. The third-order valence-corrected chi connectivity index (χ3v) is 3.46. The van der Waals surface area contributed by atoms with E-state index < -0.39 is 0 Å². The lowest BCUT2D eigenvalue weighted by molar-refractivity contribution is 0.289. The van der Waals surface area contributed by atoms with Gasteiger partial charge in [0.1, 0.15) is 5.75 Å². The van der Waals surface area contributed by atoms with Gasteiger partial charge in [-0.15, -0.1) is 0 Å². The Kier molecular flexibility index (Phi) is 6.50. The number of methoxy groups -OCH3 is 1. The summed E-state index contributed by atoms with van der Waals surface area (Å²) >= 11 is 0. The van der Waals surface area contributed by atoms with Crippen LogP contribution in [0.3, 0.4) is 0 Å². The van der Waals surface area contributed by atoms with Gasteiger partial charge in [0.2, 0.25) is 0 Å². The average Bonchev–Trinajstić information content (AvgIpc) is 2.41. The molecule has 1 N–H and O–H groups in total. The van der Waals surface area contributed by atoms with Crippen molar-refractivity contribution in [3.8, 4) is 5.75 Å². The first-order valence-corrected chi connectivity index (χ1v) is 7.52. The highest BCUT2D eigenvalue weighted by Crippen LogP contribution is 2.22. The van der Waals surface area contributed by atoms with Crippen LogP contribution < -0.4 is 10.1 Å². The van der Waals surface area contributed by atoms with Crippen LogP contribution in [0.2, 0.25) is 0 Å². The van der Waals surface area contributed by atoms with E-state index in [1.54, 1.807) is 7.11 Å². The number of ether oxygens (including phenoxy) is 1. The Morgan fingerprint density at radius 3 is 2.30 bits per heavy atom. The number of rotatable bonds is 7. The quantitative estimate of drug-likeness (QED) is 0.827. The second-order valence-electron chi connectivity index (χ2n) is 6.21. The zero-order valence-electron chi connectivity index (χ0n) is 13.9. The molecule has 0 fully saturated rings. The van der Waals surface area contributed by atoms with E-state index >= 15 is 0 Å². The van der Waals surface area contributed by atoms with E-state index in [0.717, 1.165) is 31.9 Å². The molecule has 0 bridgehead atoms. The summed E-state index contributed by atoms with van der Waals surface area (Å²) in [5, 5.41) is 3.53. The number of hydrogen-bond acceptors (Lipinski definition) is 3. The Balaban J connectivity index is 2.85. The topological polar surface area (TPSA) is 24.5 Å². The molecule has 1 aromatic rings. The number of hydrogen-bond donors (Lipinski definition) is 1. The van der Waals surface area contributed by atoms with Crippen LogP contribution in [0.4, 0.5) is 0 Å². The molecule has 0 saturated heterocycles. The van der Waals surface area contributed by atoms with Crippen LogP contribution in [-0.2, 0) is 13.1 Å². The molecule has 20 heavy (non-hydrogen) atoms. The zero-order chi connectivity index (χ0) is 15.2. The molecule has 3 heteroatoms. The molecule has 0 spiro atoms. The predicted octanol–water partition coefficient (Wildman–Crippen LogP) is 3.43. The van der Waals surface area contributed by atoms with Gasteiger partial charge in [-0.05, 0) is 51.6 Å². The molecule has 0 amide bonds. The van der Waals surface area contributed by atoms with Gasteiger partial charge in [0.05, 0.1) is 7.11 Å². The van der Waals surface area contributed by atoms with Crippen molar-refractivity contribution in [1.29, 1.82) is 0 Å². The van der Waals surface area contributed by atoms with Gasteiger partial charge in [-0.25, -0.2) is 0 Å². The van der Waals surface area contributed by atoms with E-state index in [1.165, 1.54) is 11.1 Å². The summed E-state index contributed by atoms with van der Waals surface area (Å²) in [6, 6.07) is 6.48. The van der Waals surface area contributed by atoms with Crippen LogP contribution in [0.25, 0.3) is 0 Å². The fourth-order valence-corrected chi connectivity index (χ4v) is 2.12. The van der Waals surface area contributed by atoms with Gasteiger partial charge in [-0.3, -0.25) is 4.90 Å². The van der Waals surface area contributed by atoms with Crippen LogP contribution in [0.5, 0.6) is 5.75 Å². The minimum atomic E-state index is 0.138. The average molecular weight is 278 g/mol. The Morgan fingerprint density at radius 1 is 1.15 bits per heavy atom. The molecule has 0 atom stereocenters. The standard InChI is InChI=1S/C17H30N2O/c1-7-19(8-2)13-15-11-14(9-10-16(15)20-6)12-18-17(3,4)5/h9-11,18H,7-8,12-13H2,1-6H3. The van der Waals surface area contributed by atoms with Gasteiger partial charge in [-0.1, -0.05) is 19.9 Å². The van der Waals surface area contributed by atoms with Gasteiger partial charge in [-0.2, -0.15) is 0 Å². The molecule has 0 aliphatic rings. The number of nitrogens with one attached hydrogen (secondary N) is 1. The number of nitrogens with zero attached hydrogens (tertiary/aromatic N) is 1. The van der Waals surface area contributed by atoms with Crippen LogP contribution in [-0.4, -0.2) is 30.6 Å². The maximum absolute atomic E-state index is 5.49. The molecule has 0 aromatic heterocycles. The molecule has 0 radical (unpaired) electrons. The summed E-state index contributed by atoms with van der Waals surface area (Å²) in [4.78, 5) is 2.40. The highest BCUT2D eigenvalue weighted by atomic mass is 16.5. The first-order valence-electron chi connectivity index (χ1n) is 7.52. The lowest BCUT2D eigenvalue weighted by Crippen LogP contribution is -2.35. The van der Waals surface area contributed by atoms with E-state index in [0.29, 0.717) is 0 Å². The lowest BCUT2D eigenvalue weighted by Gasteiger charge is -2.22. The van der Waals surface area contributed by atoms with Crippen LogP contribution in [0.1, 0.15) is 45.7 Å². The highest BCUT2D eigenvalue weighted by molar-refractivity contribution is 5.37. The largest absolute Gasteiger partial charge is 0.496 e. The fraction of sp³-hybridized carbons (Fsp3) is 0.647. The van der Waals surface area contributed by atoms with Crippen LogP contribution in [0.15, 0.2) is 18.2 Å². The summed E-state index contributed by atoms with van der Waals surface area (Å²) in [6.45, 7) is 14.9. The van der Waals surface area contributed by atoms with Gasteiger partial charge in [0.15, 0.2) is 0 Å². The second-order valence-corrected chi connectivity index (χ2v) is 6.21. The maximum atomic E-state index is 5.49. The minimum absolute atomic E-state index is 0.138. The normalized spacial score (nSPS) is 11.9. The molecule has 0 unspecified atom stereocenters. The molecular weight excluding hydrogens is 248 g/mol. The molecule has 1 aromatic carbocycles. The van der Waals surface area contributed by atoms with E-state index in [-0.39, 0.29) is 5.54 Å². The van der Waals surface area contributed by atoms with Crippen molar-refractivity contribution >= 4 is 0 Å². The first-order chi connectivity index (χ1) is 9.39. The van der Waals surface area contributed by atoms with Gasteiger partial charge < -0.3 is 10.1 Å².